The number of halogens is 1. The monoisotopic (exact) mass is 359 g/mol. The number of nitrogens with zero attached hydrogens (tertiary/aromatic N) is 4. The first kappa shape index (κ1) is 15.0. The van der Waals surface area contributed by atoms with Gasteiger partial charge < -0.3 is 4.98 Å². The largest absolute Gasteiger partial charge is 0.346 e. The number of hydrogen-bond donors (Lipinski definition) is 1. The molecule has 3 aromatic rings. The first-order chi connectivity index (χ1) is 10.7. The average Bonchev–Trinajstić information content (AvgIpc) is 3.16. The minimum Gasteiger partial charge on any atom is -0.346 e. The molecule has 22 heavy (non-hydrogen) atoms. The Morgan fingerprint density at radius 3 is 3.09 bits per heavy atom. The molecule has 5 nitrogen and oxygen atoms in total. The third-order valence-electron chi connectivity index (χ3n) is 3.75. The van der Waals surface area contributed by atoms with E-state index in [1.165, 1.54) is 0 Å². The van der Waals surface area contributed by atoms with Crippen molar-refractivity contribution < 1.29 is 0 Å². The van der Waals surface area contributed by atoms with Gasteiger partial charge in [-0.2, -0.15) is 5.10 Å². The summed E-state index contributed by atoms with van der Waals surface area (Å²) in [6, 6.07) is 2.35. The molecule has 6 heteroatoms. The molecule has 3 aromatic heterocycles. The fourth-order valence-electron chi connectivity index (χ4n) is 2.52. The number of fused-ring (bicyclic) bond motifs is 1. The molecule has 1 atom stereocenters. The van der Waals surface area contributed by atoms with Crippen LogP contribution in [0.15, 0.2) is 41.5 Å². The smallest absolute Gasteiger partial charge is 0.141 e. The number of aromatic nitrogens is 5. The molecule has 0 fully saturated rings. The van der Waals surface area contributed by atoms with Gasteiger partial charge in [0.15, 0.2) is 0 Å². The molecular formula is C16H18BrN5. The molecule has 0 saturated heterocycles. The lowest BCUT2D eigenvalue weighted by Gasteiger charge is -2.13. The highest BCUT2D eigenvalue weighted by Gasteiger charge is 2.13. The van der Waals surface area contributed by atoms with Gasteiger partial charge in [-0.3, -0.25) is 4.68 Å². The fraction of sp³-hybridized carbons (Fsp3) is 0.312. The lowest BCUT2D eigenvalue weighted by atomic mass is 10.1. The summed E-state index contributed by atoms with van der Waals surface area (Å²) in [5.74, 6) is 0. The maximum atomic E-state index is 4.53. The molecule has 114 valence electrons. The highest BCUT2D eigenvalue weighted by Crippen LogP contribution is 2.26. The standard InChI is InChI=1S/C16H18BrN5/c1-3-13(5-4-11(2)17)22-9-12(8-21-22)15-14-6-7-18-16(14)20-10-19-15/h4,6-10,13H,3,5H2,1-2H3,(H,18,19,20)/b11-4+. The van der Waals surface area contributed by atoms with E-state index in [0.717, 1.165) is 39.6 Å². The van der Waals surface area contributed by atoms with Crippen molar-refractivity contribution in [1.82, 2.24) is 24.7 Å². The Balaban J connectivity index is 1.93. The van der Waals surface area contributed by atoms with Gasteiger partial charge in [0.2, 0.25) is 0 Å². The van der Waals surface area contributed by atoms with E-state index < -0.39 is 0 Å². The van der Waals surface area contributed by atoms with Crippen molar-refractivity contribution in [3.8, 4) is 11.3 Å². The minimum absolute atomic E-state index is 0.352. The Bertz CT molecular complexity index is 798. The van der Waals surface area contributed by atoms with E-state index in [1.807, 2.05) is 30.1 Å². The summed E-state index contributed by atoms with van der Waals surface area (Å²) in [4.78, 5) is 11.8. The fourth-order valence-corrected chi connectivity index (χ4v) is 2.71. The van der Waals surface area contributed by atoms with Crippen molar-refractivity contribution >= 4 is 27.0 Å². The molecule has 0 aliphatic rings. The van der Waals surface area contributed by atoms with Crippen LogP contribution in [0.1, 0.15) is 32.7 Å². The molecule has 0 saturated carbocycles. The third-order valence-corrected chi connectivity index (χ3v) is 4.07. The maximum Gasteiger partial charge on any atom is 0.141 e. The minimum atomic E-state index is 0.352. The molecule has 1 unspecified atom stereocenters. The Hall–Kier alpha value is -1.95. The highest BCUT2D eigenvalue weighted by molar-refractivity contribution is 9.11. The number of rotatable bonds is 5. The van der Waals surface area contributed by atoms with Gasteiger partial charge in [0, 0.05) is 23.3 Å². The highest BCUT2D eigenvalue weighted by atomic mass is 79.9. The Morgan fingerprint density at radius 1 is 1.45 bits per heavy atom. The number of allylic oxidation sites excluding steroid dienone is 2. The summed E-state index contributed by atoms with van der Waals surface area (Å²) >= 11 is 3.48. The van der Waals surface area contributed by atoms with Crippen molar-refractivity contribution in [2.24, 2.45) is 0 Å². The van der Waals surface area contributed by atoms with Crippen LogP contribution in [0, 0.1) is 0 Å². The lowest BCUT2D eigenvalue weighted by Crippen LogP contribution is -2.07. The van der Waals surface area contributed by atoms with E-state index in [-0.39, 0.29) is 0 Å². The average molecular weight is 360 g/mol. The van der Waals surface area contributed by atoms with Crippen molar-refractivity contribution in [2.45, 2.75) is 32.7 Å². The van der Waals surface area contributed by atoms with Crippen molar-refractivity contribution in [1.29, 1.82) is 0 Å². The summed E-state index contributed by atoms with van der Waals surface area (Å²) in [5, 5.41) is 5.55. The topological polar surface area (TPSA) is 59.4 Å². The summed E-state index contributed by atoms with van der Waals surface area (Å²) in [5.41, 5.74) is 2.78. The summed E-state index contributed by atoms with van der Waals surface area (Å²) in [7, 11) is 0. The first-order valence-electron chi connectivity index (χ1n) is 7.34. The lowest BCUT2D eigenvalue weighted by molar-refractivity contribution is 0.445. The summed E-state index contributed by atoms with van der Waals surface area (Å²) in [6.45, 7) is 4.23. The molecular weight excluding hydrogens is 342 g/mol. The Morgan fingerprint density at radius 2 is 2.32 bits per heavy atom. The van der Waals surface area contributed by atoms with Crippen LogP contribution in [-0.2, 0) is 0 Å². The SMILES string of the molecule is CCC(C/C=C(\C)Br)n1cc(-c2ncnc3[nH]ccc23)cn1. The molecule has 0 bridgehead atoms. The maximum absolute atomic E-state index is 4.53. The molecule has 3 heterocycles. The van der Waals surface area contributed by atoms with Crippen LogP contribution < -0.4 is 0 Å². The van der Waals surface area contributed by atoms with E-state index in [0.29, 0.717) is 6.04 Å². The van der Waals surface area contributed by atoms with Gasteiger partial charge in [0.05, 0.1) is 17.9 Å². The van der Waals surface area contributed by atoms with E-state index in [9.17, 15) is 0 Å². The van der Waals surface area contributed by atoms with Crippen molar-refractivity contribution in [3.05, 3.63) is 41.5 Å². The van der Waals surface area contributed by atoms with Crippen molar-refractivity contribution in [3.63, 3.8) is 0 Å². The molecule has 1 N–H and O–H groups in total. The molecule has 3 rings (SSSR count). The van der Waals surface area contributed by atoms with Crippen LogP contribution in [0.5, 0.6) is 0 Å². The second kappa shape index (κ2) is 6.44. The second-order valence-corrected chi connectivity index (χ2v) is 6.51. The zero-order valence-electron chi connectivity index (χ0n) is 12.6. The molecule has 0 spiro atoms. The van der Waals surface area contributed by atoms with Gasteiger partial charge in [0.1, 0.15) is 12.0 Å². The zero-order chi connectivity index (χ0) is 15.5. The van der Waals surface area contributed by atoms with Gasteiger partial charge in [-0.1, -0.05) is 28.9 Å². The molecule has 0 radical (unpaired) electrons. The zero-order valence-corrected chi connectivity index (χ0v) is 14.2. The predicted octanol–water partition coefficient (Wildman–Crippen LogP) is 4.46. The van der Waals surface area contributed by atoms with Gasteiger partial charge in [-0.05, 0) is 30.3 Å². The number of aromatic amines is 1. The van der Waals surface area contributed by atoms with Gasteiger partial charge in [0.25, 0.3) is 0 Å². The van der Waals surface area contributed by atoms with Crippen LogP contribution in [0.3, 0.4) is 0 Å². The quantitative estimate of drug-likeness (QED) is 0.731. The second-order valence-electron chi connectivity index (χ2n) is 5.26. The normalized spacial score (nSPS) is 13.7. The summed E-state index contributed by atoms with van der Waals surface area (Å²) in [6.07, 6.45) is 11.6. The third kappa shape index (κ3) is 2.97. The van der Waals surface area contributed by atoms with E-state index in [1.54, 1.807) is 6.33 Å². The van der Waals surface area contributed by atoms with Crippen molar-refractivity contribution in [2.75, 3.05) is 0 Å². The van der Waals surface area contributed by atoms with Gasteiger partial charge >= 0.3 is 0 Å². The number of H-pyrrole nitrogens is 1. The van der Waals surface area contributed by atoms with Crippen LogP contribution in [0.2, 0.25) is 0 Å². The van der Waals surface area contributed by atoms with Crippen LogP contribution in [0.4, 0.5) is 0 Å². The van der Waals surface area contributed by atoms with E-state index >= 15 is 0 Å². The molecule has 0 aromatic carbocycles. The molecule has 0 amide bonds. The predicted molar refractivity (Wildman–Crippen MR) is 91.7 cm³/mol. The Kier molecular flexibility index (Phi) is 4.38. The van der Waals surface area contributed by atoms with Gasteiger partial charge in [-0.15, -0.1) is 0 Å². The van der Waals surface area contributed by atoms with Crippen LogP contribution in [-0.4, -0.2) is 24.7 Å². The van der Waals surface area contributed by atoms with Gasteiger partial charge in [-0.25, -0.2) is 9.97 Å². The summed E-state index contributed by atoms with van der Waals surface area (Å²) < 4.78 is 3.19. The molecule has 0 aliphatic carbocycles. The van der Waals surface area contributed by atoms with E-state index in [4.69, 9.17) is 0 Å². The van der Waals surface area contributed by atoms with Crippen LogP contribution in [0.25, 0.3) is 22.3 Å². The first-order valence-corrected chi connectivity index (χ1v) is 8.13. The van der Waals surface area contributed by atoms with Crippen LogP contribution >= 0.6 is 15.9 Å². The van der Waals surface area contributed by atoms with E-state index in [2.05, 4.69) is 55.2 Å². The number of nitrogens with one attached hydrogen (secondary N) is 1. The number of hydrogen-bond acceptors (Lipinski definition) is 3. The Labute approximate surface area is 137 Å². The molecule has 0 aliphatic heterocycles.